The zero-order chi connectivity index (χ0) is 11.9. The summed E-state index contributed by atoms with van der Waals surface area (Å²) >= 11 is 7.58. The van der Waals surface area contributed by atoms with Gasteiger partial charge in [0.2, 0.25) is 0 Å². The quantitative estimate of drug-likeness (QED) is 0.897. The van der Waals surface area contributed by atoms with Crippen molar-refractivity contribution in [3.8, 4) is 0 Å². The second-order valence-electron chi connectivity index (χ2n) is 3.97. The summed E-state index contributed by atoms with van der Waals surface area (Å²) in [6, 6.07) is 1.98. The molecular formula is C11H13ClN2OS. The number of halogens is 1. The van der Waals surface area contributed by atoms with Gasteiger partial charge in [-0.15, -0.1) is 11.3 Å². The molecule has 1 unspecified atom stereocenters. The number of nitrogens with zero attached hydrogens (tertiary/aromatic N) is 2. The van der Waals surface area contributed by atoms with E-state index in [1.807, 2.05) is 18.4 Å². The lowest BCUT2D eigenvalue weighted by atomic mass is 9.97. The second-order valence-corrected chi connectivity index (χ2v) is 5.29. The Balaban J connectivity index is 2.59. The molecule has 5 heteroatoms. The minimum absolute atomic E-state index is 0.486. The summed E-state index contributed by atoms with van der Waals surface area (Å²) in [6.07, 6.45) is 1.55. The third-order valence-corrected chi connectivity index (χ3v) is 4.16. The lowest BCUT2D eigenvalue weighted by Crippen LogP contribution is -2.26. The van der Waals surface area contributed by atoms with Gasteiger partial charge in [-0.25, -0.2) is 0 Å². The van der Waals surface area contributed by atoms with Crippen LogP contribution in [-0.4, -0.2) is 14.9 Å². The monoisotopic (exact) mass is 256 g/mol. The van der Waals surface area contributed by atoms with Crippen molar-refractivity contribution < 1.29 is 5.11 Å². The maximum atomic E-state index is 10.6. The number of hydrogen-bond donors (Lipinski definition) is 1. The molecule has 86 valence electrons. The van der Waals surface area contributed by atoms with Crippen molar-refractivity contribution in [1.29, 1.82) is 0 Å². The van der Waals surface area contributed by atoms with Crippen molar-refractivity contribution in [1.82, 2.24) is 9.78 Å². The van der Waals surface area contributed by atoms with Crippen molar-refractivity contribution in [2.45, 2.75) is 19.4 Å². The third kappa shape index (κ3) is 1.67. The third-order valence-electron chi connectivity index (χ3n) is 2.66. The van der Waals surface area contributed by atoms with Crippen LogP contribution in [0.15, 0.2) is 17.6 Å². The highest BCUT2D eigenvalue weighted by Crippen LogP contribution is 2.37. The largest absolute Gasteiger partial charge is 0.378 e. The standard InChI is InChI=1S/C11H13ClN2OS/c1-7-4-5-16-10(7)11(2,15)9-8(12)6-13-14(9)3/h4-6,15H,1-3H3. The molecule has 0 amide bonds. The number of aliphatic hydroxyl groups is 1. The smallest absolute Gasteiger partial charge is 0.139 e. The first-order valence-electron chi connectivity index (χ1n) is 4.89. The van der Waals surface area contributed by atoms with Crippen LogP contribution in [0.5, 0.6) is 0 Å². The Hall–Kier alpha value is -0.840. The fraction of sp³-hybridized carbons (Fsp3) is 0.364. The van der Waals surface area contributed by atoms with E-state index < -0.39 is 5.60 Å². The number of aryl methyl sites for hydroxylation is 2. The second kappa shape index (κ2) is 3.87. The summed E-state index contributed by atoms with van der Waals surface area (Å²) in [4.78, 5) is 0.901. The summed E-state index contributed by atoms with van der Waals surface area (Å²) in [5.41, 5.74) is 0.590. The van der Waals surface area contributed by atoms with E-state index in [-0.39, 0.29) is 0 Å². The van der Waals surface area contributed by atoms with E-state index in [1.54, 1.807) is 24.9 Å². The Bertz CT molecular complexity index is 496. The van der Waals surface area contributed by atoms with Gasteiger partial charge in [0.25, 0.3) is 0 Å². The molecule has 0 spiro atoms. The molecule has 0 saturated heterocycles. The van der Waals surface area contributed by atoms with Crippen LogP contribution in [0, 0.1) is 6.92 Å². The molecule has 2 heterocycles. The molecule has 1 N–H and O–H groups in total. The molecule has 1 atom stereocenters. The fourth-order valence-corrected chi connectivity index (χ4v) is 3.28. The van der Waals surface area contributed by atoms with Gasteiger partial charge in [0.15, 0.2) is 0 Å². The van der Waals surface area contributed by atoms with Crippen LogP contribution in [-0.2, 0) is 12.6 Å². The number of hydrogen-bond acceptors (Lipinski definition) is 3. The summed E-state index contributed by atoms with van der Waals surface area (Å²) in [6.45, 7) is 3.72. The van der Waals surface area contributed by atoms with E-state index in [0.29, 0.717) is 10.7 Å². The van der Waals surface area contributed by atoms with Gasteiger partial charge in [0.05, 0.1) is 16.9 Å². The van der Waals surface area contributed by atoms with Crippen LogP contribution in [0.25, 0.3) is 0 Å². The van der Waals surface area contributed by atoms with Gasteiger partial charge in [0, 0.05) is 11.9 Å². The Morgan fingerprint density at radius 2 is 2.25 bits per heavy atom. The molecule has 0 radical (unpaired) electrons. The van der Waals surface area contributed by atoms with Crippen LogP contribution < -0.4 is 0 Å². The lowest BCUT2D eigenvalue weighted by Gasteiger charge is -2.23. The topological polar surface area (TPSA) is 38.1 Å². The average Bonchev–Trinajstić information content (AvgIpc) is 2.73. The lowest BCUT2D eigenvalue weighted by molar-refractivity contribution is 0.0963. The molecular weight excluding hydrogens is 244 g/mol. The molecule has 0 saturated carbocycles. The van der Waals surface area contributed by atoms with Crippen molar-refractivity contribution >= 4 is 22.9 Å². The van der Waals surface area contributed by atoms with Crippen LogP contribution in [0.4, 0.5) is 0 Å². The predicted molar refractivity (Wildman–Crippen MR) is 65.9 cm³/mol. The van der Waals surface area contributed by atoms with Crippen LogP contribution in [0.3, 0.4) is 0 Å². The molecule has 0 fully saturated rings. The highest BCUT2D eigenvalue weighted by Gasteiger charge is 2.33. The van der Waals surface area contributed by atoms with E-state index in [0.717, 1.165) is 10.4 Å². The predicted octanol–water partition coefficient (Wildman–Crippen LogP) is 2.70. The number of aromatic nitrogens is 2. The molecule has 2 aromatic rings. The number of thiophene rings is 1. The zero-order valence-corrected chi connectivity index (χ0v) is 10.9. The SMILES string of the molecule is Cc1ccsc1C(C)(O)c1c(Cl)cnn1C. The van der Waals surface area contributed by atoms with Crippen LogP contribution in [0.1, 0.15) is 23.1 Å². The van der Waals surface area contributed by atoms with Crippen molar-refractivity contribution in [2.75, 3.05) is 0 Å². The highest BCUT2D eigenvalue weighted by molar-refractivity contribution is 7.10. The maximum Gasteiger partial charge on any atom is 0.139 e. The Labute approximate surface area is 103 Å². The van der Waals surface area contributed by atoms with Crippen LogP contribution in [0.2, 0.25) is 5.02 Å². The molecule has 16 heavy (non-hydrogen) atoms. The molecule has 2 aromatic heterocycles. The first-order valence-corrected chi connectivity index (χ1v) is 6.15. The summed E-state index contributed by atoms with van der Waals surface area (Å²) in [7, 11) is 1.78. The summed E-state index contributed by atoms with van der Waals surface area (Å²) < 4.78 is 1.61. The molecule has 0 aliphatic heterocycles. The Kier molecular flexibility index (Phi) is 2.82. The number of rotatable bonds is 2. The normalized spacial score (nSPS) is 15.1. The van der Waals surface area contributed by atoms with E-state index in [4.69, 9.17) is 11.6 Å². The van der Waals surface area contributed by atoms with E-state index in [1.165, 1.54) is 11.3 Å². The minimum atomic E-state index is -1.10. The molecule has 0 bridgehead atoms. The molecule has 2 rings (SSSR count). The van der Waals surface area contributed by atoms with Gasteiger partial charge >= 0.3 is 0 Å². The molecule has 3 nitrogen and oxygen atoms in total. The van der Waals surface area contributed by atoms with Gasteiger partial charge < -0.3 is 5.11 Å². The first-order chi connectivity index (χ1) is 7.44. The average molecular weight is 257 g/mol. The van der Waals surface area contributed by atoms with E-state index in [9.17, 15) is 5.11 Å². The summed E-state index contributed by atoms with van der Waals surface area (Å²) in [5, 5.41) is 17.1. The van der Waals surface area contributed by atoms with Gasteiger partial charge in [-0.3, -0.25) is 4.68 Å². The van der Waals surface area contributed by atoms with E-state index in [2.05, 4.69) is 5.10 Å². The van der Waals surface area contributed by atoms with Crippen LogP contribution >= 0.6 is 22.9 Å². The van der Waals surface area contributed by atoms with Gasteiger partial charge in [0.1, 0.15) is 5.60 Å². The fourth-order valence-electron chi connectivity index (χ4n) is 1.94. The molecule has 0 aliphatic carbocycles. The maximum absolute atomic E-state index is 10.6. The van der Waals surface area contributed by atoms with Gasteiger partial charge in [-0.05, 0) is 30.9 Å². The van der Waals surface area contributed by atoms with Gasteiger partial charge in [-0.2, -0.15) is 5.10 Å². The first kappa shape index (κ1) is 11.6. The van der Waals surface area contributed by atoms with E-state index >= 15 is 0 Å². The molecule has 0 aliphatic rings. The van der Waals surface area contributed by atoms with Crippen molar-refractivity contribution in [3.63, 3.8) is 0 Å². The van der Waals surface area contributed by atoms with Crippen molar-refractivity contribution in [2.24, 2.45) is 7.05 Å². The molecule has 0 aromatic carbocycles. The highest BCUT2D eigenvalue weighted by atomic mass is 35.5. The zero-order valence-electron chi connectivity index (χ0n) is 9.36. The minimum Gasteiger partial charge on any atom is -0.378 e. The van der Waals surface area contributed by atoms with Crippen molar-refractivity contribution in [3.05, 3.63) is 38.8 Å². The van der Waals surface area contributed by atoms with Gasteiger partial charge in [-0.1, -0.05) is 11.6 Å². The Morgan fingerprint density at radius 3 is 2.69 bits per heavy atom. The Morgan fingerprint density at radius 1 is 1.56 bits per heavy atom. The summed E-state index contributed by atoms with van der Waals surface area (Å²) in [5.74, 6) is 0.